The molecule has 0 N–H and O–H groups in total. The van der Waals surface area contributed by atoms with E-state index >= 15 is 0 Å². The zero-order valence-electron chi connectivity index (χ0n) is 14.0. The summed E-state index contributed by atoms with van der Waals surface area (Å²) in [6.07, 6.45) is 1.41. The van der Waals surface area contributed by atoms with Crippen molar-refractivity contribution >= 4 is 10.1 Å². The summed E-state index contributed by atoms with van der Waals surface area (Å²) in [5, 5.41) is 10.9. The second-order valence-electron chi connectivity index (χ2n) is 5.65. The van der Waals surface area contributed by atoms with Crippen molar-refractivity contribution in [2.75, 3.05) is 0 Å². The topological polar surface area (TPSA) is 87.0 Å². The van der Waals surface area contributed by atoms with Gasteiger partial charge >= 0.3 is 10.1 Å². The van der Waals surface area contributed by atoms with Crippen LogP contribution < -0.4 is 4.18 Å². The standard InChI is InChI=1S/C19H14N4O3S/c24-27(25,19-12-5-4-11-18(19)15-7-2-1-3-8-15)26-17-10-6-9-16(13-17)23-14-20-21-22-23/h1-14H. The van der Waals surface area contributed by atoms with E-state index in [2.05, 4.69) is 15.5 Å². The molecule has 27 heavy (non-hydrogen) atoms. The first-order valence-corrected chi connectivity index (χ1v) is 9.47. The van der Waals surface area contributed by atoms with Gasteiger partial charge < -0.3 is 4.18 Å². The van der Waals surface area contributed by atoms with Crippen molar-refractivity contribution in [1.82, 2.24) is 20.2 Å². The Morgan fingerprint density at radius 1 is 0.852 bits per heavy atom. The third kappa shape index (κ3) is 3.56. The highest BCUT2D eigenvalue weighted by atomic mass is 32.2. The summed E-state index contributed by atoms with van der Waals surface area (Å²) in [7, 11) is -4.04. The predicted molar refractivity (Wildman–Crippen MR) is 98.8 cm³/mol. The molecule has 0 saturated carbocycles. The number of hydrogen-bond donors (Lipinski definition) is 0. The van der Waals surface area contributed by atoms with E-state index in [9.17, 15) is 8.42 Å². The van der Waals surface area contributed by atoms with Crippen molar-refractivity contribution in [1.29, 1.82) is 0 Å². The average molecular weight is 378 g/mol. The van der Waals surface area contributed by atoms with Gasteiger partial charge in [-0.15, -0.1) is 5.10 Å². The van der Waals surface area contributed by atoms with Gasteiger partial charge in [-0.05, 0) is 34.2 Å². The lowest BCUT2D eigenvalue weighted by Gasteiger charge is -2.12. The zero-order chi connectivity index (χ0) is 18.7. The number of tetrazole rings is 1. The SMILES string of the molecule is O=S(=O)(Oc1cccc(-n2cnnn2)c1)c1ccccc1-c1ccccc1. The molecule has 0 fully saturated rings. The molecule has 0 saturated heterocycles. The van der Waals surface area contributed by atoms with Gasteiger partial charge in [0.25, 0.3) is 0 Å². The molecule has 0 radical (unpaired) electrons. The minimum Gasteiger partial charge on any atom is -0.379 e. The number of rotatable bonds is 5. The molecule has 0 unspecified atom stereocenters. The van der Waals surface area contributed by atoms with Crippen molar-refractivity contribution in [3.05, 3.63) is 85.2 Å². The Morgan fingerprint density at radius 3 is 2.41 bits per heavy atom. The highest BCUT2D eigenvalue weighted by molar-refractivity contribution is 7.87. The summed E-state index contributed by atoms with van der Waals surface area (Å²) < 4.78 is 32.6. The third-order valence-corrected chi connectivity index (χ3v) is 5.18. The molecule has 0 amide bonds. The molecule has 0 aliphatic carbocycles. The van der Waals surface area contributed by atoms with E-state index in [1.165, 1.54) is 17.1 Å². The molecule has 4 aromatic rings. The van der Waals surface area contributed by atoms with Crippen LogP contribution in [0.25, 0.3) is 16.8 Å². The van der Waals surface area contributed by atoms with Gasteiger partial charge in [-0.3, -0.25) is 0 Å². The lowest BCUT2D eigenvalue weighted by Crippen LogP contribution is -2.11. The summed E-state index contributed by atoms with van der Waals surface area (Å²) in [6, 6.07) is 22.6. The molecule has 4 rings (SSSR count). The van der Waals surface area contributed by atoms with Crippen LogP contribution >= 0.6 is 0 Å². The van der Waals surface area contributed by atoms with E-state index in [1.807, 2.05) is 30.3 Å². The molecule has 0 aliphatic rings. The number of nitrogens with zero attached hydrogens (tertiary/aromatic N) is 4. The minimum atomic E-state index is -4.04. The van der Waals surface area contributed by atoms with E-state index in [0.29, 0.717) is 11.3 Å². The van der Waals surface area contributed by atoms with Crippen molar-refractivity contribution in [2.24, 2.45) is 0 Å². The number of benzene rings is 3. The van der Waals surface area contributed by atoms with Crippen LogP contribution in [0.5, 0.6) is 5.75 Å². The Labute approximate surface area is 156 Å². The van der Waals surface area contributed by atoms with Crippen molar-refractivity contribution < 1.29 is 12.6 Å². The fourth-order valence-corrected chi connectivity index (χ4v) is 3.82. The van der Waals surface area contributed by atoms with Gasteiger partial charge in [-0.1, -0.05) is 54.6 Å². The first kappa shape index (κ1) is 16.9. The summed E-state index contributed by atoms with van der Waals surface area (Å²) in [5.74, 6) is 0.172. The monoisotopic (exact) mass is 378 g/mol. The lowest BCUT2D eigenvalue weighted by atomic mass is 10.1. The first-order chi connectivity index (χ1) is 13.1. The predicted octanol–water partition coefficient (Wildman–Crippen LogP) is 3.10. The fourth-order valence-electron chi connectivity index (χ4n) is 2.67. The van der Waals surface area contributed by atoms with Crippen LogP contribution in [0.15, 0.2) is 90.1 Å². The van der Waals surface area contributed by atoms with E-state index in [1.54, 1.807) is 42.5 Å². The molecule has 8 heteroatoms. The van der Waals surface area contributed by atoms with Crippen LogP contribution in [-0.2, 0) is 10.1 Å². The largest absolute Gasteiger partial charge is 0.379 e. The van der Waals surface area contributed by atoms with Crippen LogP contribution in [0, 0.1) is 0 Å². The molecular weight excluding hydrogens is 364 g/mol. The Bertz CT molecular complexity index is 1160. The first-order valence-electron chi connectivity index (χ1n) is 8.06. The van der Waals surface area contributed by atoms with Gasteiger partial charge in [0.15, 0.2) is 0 Å². The summed E-state index contributed by atoms with van der Waals surface area (Å²) in [4.78, 5) is 0.101. The molecule has 0 atom stereocenters. The van der Waals surface area contributed by atoms with Gasteiger partial charge in [-0.2, -0.15) is 8.42 Å². The zero-order valence-corrected chi connectivity index (χ0v) is 14.8. The normalized spacial score (nSPS) is 11.3. The number of aromatic nitrogens is 4. The summed E-state index contributed by atoms with van der Waals surface area (Å²) in [5.41, 5.74) is 1.96. The van der Waals surface area contributed by atoms with Gasteiger partial charge in [0.2, 0.25) is 0 Å². The maximum atomic E-state index is 12.9. The molecule has 1 heterocycles. The lowest BCUT2D eigenvalue weighted by molar-refractivity contribution is 0.486. The van der Waals surface area contributed by atoms with Gasteiger partial charge in [0.05, 0.1) is 5.69 Å². The molecule has 0 aliphatic heterocycles. The maximum absolute atomic E-state index is 12.9. The molecule has 1 aromatic heterocycles. The van der Waals surface area contributed by atoms with Crippen LogP contribution in [0.2, 0.25) is 0 Å². The fraction of sp³-hybridized carbons (Fsp3) is 0. The Hall–Kier alpha value is -3.52. The second-order valence-corrected chi connectivity index (χ2v) is 7.17. The summed E-state index contributed by atoms with van der Waals surface area (Å²) in [6.45, 7) is 0. The van der Waals surface area contributed by atoms with E-state index < -0.39 is 10.1 Å². The van der Waals surface area contributed by atoms with Crippen molar-refractivity contribution in [2.45, 2.75) is 4.90 Å². The van der Waals surface area contributed by atoms with Crippen molar-refractivity contribution in [3.8, 4) is 22.6 Å². The third-order valence-electron chi connectivity index (χ3n) is 3.88. The molecule has 3 aromatic carbocycles. The number of hydrogen-bond acceptors (Lipinski definition) is 6. The van der Waals surface area contributed by atoms with Crippen LogP contribution in [0.4, 0.5) is 0 Å². The van der Waals surface area contributed by atoms with Crippen LogP contribution in [-0.4, -0.2) is 28.6 Å². The van der Waals surface area contributed by atoms with E-state index in [-0.39, 0.29) is 10.6 Å². The Balaban J connectivity index is 1.71. The minimum absolute atomic E-state index is 0.101. The van der Waals surface area contributed by atoms with Gasteiger partial charge in [0.1, 0.15) is 17.0 Å². The average Bonchev–Trinajstić information content (AvgIpc) is 3.23. The molecule has 7 nitrogen and oxygen atoms in total. The molecular formula is C19H14N4O3S. The van der Waals surface area contributed by atoms with Crippen LogP contribution in [0.1, 0.15) is 0 Å². The molecule has 0 bridgehead atoms. The van der Waals surface area contributed by atoms with Gasteiger partial charge in [-0.25, -0.2) is 4.68 Å². The van der Waals surface area contributed by atoms with Crippen molar-refractivity contribution in [3.63, 3.8) is 0 Å². The quantitative estimate of drug-likeness (QED) is 0.496. The van der Waals surface area contributed by atoms with Crippen LogP contribution in [0.3, 0.4) is 0 Å². The Morgan fingerprint density at radius 2 is 1.63 bits per heavy atom. The van der Waals surface area contributed by atoms with E-state index in [4.69, 9.17) is 4.18 Å². The molecule has 0 spiro atoms. The van der Waals surface area contributed by atoms with E-state index in [0.717, 1.165) is 5.56 Å². The highest BCUT2D eigenvalue weighted by Gasteiger charge is 2.21. The maximum Gasteiger partial charge on any atom is 0.339 e. The van der Waals surface area contributed by atoms with Gasteiger partial charge in [0, 0.05) is 11.6 Å². The highest BCUT2D eigenvalue weighted by Crippen LogP contribution is 2.29. The Kier molecular flexibility index (Phi) is 4.39. The molecule has 134 valence electrons. The smallest absolute Gasteiger partial charge is 0.339 e. The summed E-state index contributed by atoms with van der Waals surface area (Å²) >= 11 is 0. The second kappa shape index (κ2) is 7.00.